The molecule has 10 atom stereocenters. The van der Waals surface area contributed by atoms with Crippen molar-refractivity contribution in [2.75, 3.05) is 55.0 Å². The van der Waals surface area contributed by atoms with E-state index in [0.29, 0.717) is 89.2 Å². The summed E-state index contributed by atoms with van der Waals surface area (Å²) < 4.78 is 46.6. The zero-order valence-electron chi connectivity index (χ0n) is 48.5. The minimum atomic E-state index is -0.546. The monoisotopic (exact) mass is 1120 g/mol. The van der Waals surface area contributed by atoms with Crippen LogP contribution < -0.4 is 48.9 Å². The van der Waals surface area contributed by atoms with Crippen molar-refractivity contribution in [3.63, 3.8) is 0 Å². The smallest absolute Gasteiger partial charge is 0.308 e. The van der Waals surface area contributed by atoms with Gasteiger partial charge >= 0.3 is 11.9 Å². The average molecular weight is 1130 g/mol. The van der Waals surface area contributed by atoms with Crippen LogP contribution in [0.5, 0.6) is 57.5 Å². The molecule has 4 aromatic carbocycles. The third-order valence-electron chi connectivity index (χ3n) is 18.3. The minimum absolute atomic E-state index is 0.0120. The lowest BCUT2D eigenvalue weighted by Crippen LogP contribution is -2.68. The van der Waals surface area contributed by atoms with Crippen molar-refractivity contribution in [2.45, 2.75) is 148 Å². The Hall–Kier alpha value is -7.53. The van der Waals surface area contributed by atoms with Crippen LogP contribution in [0.4, 0.5) is 0 Å². The van der Waals surface area contributed by atoms with Crippen molar-refractivity contribution >= 4 is 17.8 Å². The molecule has 5 N–H and O–H groups in total. The lowest BCUT2D eigenvalue weighted by Gasteiger charge is -2.60. The number of piperazine rings is 2. The third-order valence-corrected chi connectivity index (χ3v) is 18.3. The molecule has 434 valence electrons. The molecule has 0 aromatic heterocycles. The molecule has 2 saturated heterocycles. The molecule has 12 rings (SSSR count). The molecule has 8 heterocycles. The Kier molecular flexibility index (Phi) is 14.7. The molecule has 2 fully saturated rings. The van der Waals surface area contributed by atoms with Crippen LogP contribution in [0.2, 0.25) is 0 Å². The summed E-state index contributed by atoms with van der Waals surface area (Å²) in [5.74, 6) is 3.37. The number of amides is 1. The second-order valence-corrected chi connectivity index (χ2v) is 23.3. The fourth-order valence-electron chi connectivity index (χ4n) is 15.3. The summed E-state index contributed by atoms with van der Waals surface area (Å²) in [5.41, 5.74) is 16.3. The van der Waals surface area contributed by atoms with Crippen LogP contribution in [-0.2, 0) is 40.1 Å². The van der Waals surface area contributed by atoms with Crippen molar-refractivity contribution in [3.8, 4) is 69.6 Å². The van der Waals surface area contributed by atoms with Crippen molar-refractivity contribution < 1.29 is 62.5 Å². The van der Waals surface area contributed by atoms with Gasteiger partial charge in [-0.2, -0.15) is 10.5 Å². The van der Waals surface area contributed by atoms with Gasteiger partial charge in [0.2, 0.25) is 19.5 Å². The quantitative estimate of drug-likeness (QED) is 0.110. The second-order valence-electron chi connectivity index (χ2n) is 23.3. The van der Waals surface area contributed by atoms with Gasteiger partial charge in [-0.3, -0.25) is 34.0 Å². The fraction of sp³-hybridized carbons (Fsp3) is 0.525. The average Bonchev–Trinajstić information content (AvgIpc) is 1.46. The number of nitriles is 2. The number of hydrogen-bond acceptors (Lipinski definition) is 20. The number of nitrogens with zero attached hydrogens (tertiary/aromatic N) is 6. The first-order valence-electron chi connectivity index (χ1n) is 28.0. The number of aryl methyl sites for hydroxylation is 2. The number of carbonyl (C=O) groups is 3. The number of nitrogens with two attached hydrogens (primary N) is 1. The van der Waals surface area contributed by atoms with Gasteiger partial charge < -0.3 is 59.2 Å². The van der Waals surface area contributed by atoms with Gasteiger partial charge in [-0.1, -0.05) is 26.0 Å². The largest absolute Gasteiger partial charge is 0.504 e. The van der Waals surface area contributed by atoms with E-state index in [0.717, 1.165) is 55.6 Å². The van der Waals surface area contributed by atoms with E-state index in [1.54, 1.807) is 14.2 Å². The molecule has 0 saturated carbocycles. The Bertz CT molecular complexity index is 3430. The van der Waals surface area contributed by atoms with Gasteiger partial charge in [-0.05, 0) is 95.6 Å². The summed E-state index contributed by atoms with van der Waals surface area (Å²) in [6.45, 7) is 14.7. The number of esters is 2. The van der Waals surface area contributed by atoms with Gasteiger partial charge in [0.25, 0.3) is 0 Å². The van der Waals surface area contributed by atoms with Crippen molar-refractivity contribution in [1.29, 1.82) is 10.5 Å². The number of ether oxygens (including phenoxy) is 8. The van der Waals surface area contributed by atoms with Gasteiger partial charge in [-0.25, -0.2) is 0 Å². The molecule has 4 aromatic rings. The van der Waals surface area contributed by atoms with E-state index in [4.69, 9.17) is 43.6 Å². The molecule has 8 aliphatic rings. The topological polar surface area (TPSA) is 264 Å². The number of fused-ring (bicyclic) bond motifs is 18. The number of methoxy groups -OCH3 is 2. The number of likely N-dealkylation sites (N-methyl/N-ethyl adjacent to an activating group) is 2. The number of phenols is 2. The highest BCUT2D eigenvalue weighted by Crippen LogP contribution is 2.61. The Morgan fingerprint density at radius 1 is 0.659 bits per heavy atom. The van der Waals surface area contributed by atoms with E-state index in [1.807, 2.05) is 55.6 Å². The molecular weight excluding hydrogens is 1050 g/mol. The normalized spacial score (nSPS) is 26.0. The molecule has 8 aliphatic heterocycles. The van der Waals surface area contributed by atoms with Gasteiger partial charge in [0, 0.05) is 102 Å². The minimum Gasteiger partial charge on any atom is -0.504 e. The SMILES string of the molecule is COc1c(C)cc2c(c1O)[C@@H]1C3Cc4c(OC(C)=O)c(C)c5c(c4[C@H](CN)N3[C@@H](C#N)[C@H](C2)N1C)OCO5.COc1c(C)cc2c(c1O)[C@@H]1C3Cc4c(OC(C)=O)c(C)c5c(c4[C@H](CNC(=O)CC(C)C)N3[C@@H](C#N)[C@H](C2)N1C)OCO5. The highest BCUT2D eigenvalue weighted by atomic mass is 16.7. The number of carbonyl (C=O) groups excluding carboxylic acids is 3. The van der Waals surface area contributed by atoms with E-state index in [9.17, 15) is 35.1 Å². The molecule has 0 spiro atoms. The Morgan fingerprint density at radius 3 is 1.46 bits per heavy atom. The molecule has 4 bridgehead atoms. The maximum Gasteiger partial charge on any atom is 0.308 e. The van der Waals surface area contributed by atoms with Crippen LogP contribution in [0.15, 0.2) is 12.1 Å². The first-order chi connectivity index (χ1) is 39.2. The Morgan fingerprint density at radius 2 is 1.07 bits per heavy atom. The summed E-state index contributed by atoms with van der Waals surface area (Å²) >= 11 is 0. The van der Waals surface area contributed by atoms with Crippen molar-refractivity contribution in [1.82, 2.24) is 24.9 Å². The number of nitrogens with one attached hydrogen (secondary N) is 1. The number of hydrogen-bond donors (Lipinski definition) is 4. The summed E-state index contributed by atoms with van der Waals surface area (Å²) in [7, 11) is 7.11. The van der Waals surface area contributed by atoms with E-state index in [-0.39, 0.29) is 92.3 Å². The van der Waals surface area contributed by atoms with Gasteiger partial charge in [0.15, 0.2) is 46.0 Å². The highest BCUT2D eigenvalue weighted by Gasteiger charge is 2.59. The van der Waals surface area contributed by atoms with Crippen LogP contribution in [0.3, 0.4) is 0 Å². The van der Waals surface area contributed by atoms with Gasteiger partial charge in [0.1, 0.15) is 23.6 Å². The first-order valence-corrected chi connectivity index (χ1v) is 28.0. The number of aromatic hydroxyl groups is 2. The van der Waals surface area contributed by atoms with E-state index >= 15 is 0 Å². The number of benzene rings is 4. The first kappa shape index (κ1) is 56.3. The molecular formula is C61H72N8O13. The van der Waals surface area contributed by atoms with Crippen LogP contribution in [0.1, 0.15) is 125 Å². The molecule has 21 nitrogen and oxygen atoms in total. The standard InChI is InChI=1S/C33H40N4O7.C28H32N4O6/c1-15(2)8-25(39)35-13-24-27-20(31(44-18(5)38)17(4)32-33(27)43-14-42-32)11-22-28-26-19(9-16(3)30(41-7)29(26)40)10-21(36(28)6)23(12-34)37(22)24;1-12-6-15-7-17-19(9-29)32-18(23(31(17)4)21(15)24(34)25(12)35-5)8-16-22(20(32)10-30)28-27(36-11-37-28)13(2)26(16)38-14(3)33/h9,15,21-24,28,40H,8,10-11,13-14H2,1-7H3,(H,35,39);6,17-20,23,34H,7-8,10-11,30H2,1-5H3/t21-,22?,23-,24-,28-;17-,18?,19-,20-,23-/m00/s1. The molecule has 0 aliphatic carbocycles. The third kappa shape index (κ3) is 8.60. The second kappa shape index (κ2) is 21.3. The molecule has 0 radical (unpaired) electrons. The maximum absolute atomic E-state index is 13.0. The summed E-state index contributed by atoms with van der Waals surface area (Å²) in [6, 6.07) is 5.99. The summed E-state index contributed by atoms with van der Waals surface area (Å²) in [4.78, 5) is 46.4. The molecule has 82 heavy (non-hydrogen) atoms. The molecule has 1 amide bonds. The summed E-state index contributed by atoms with van der Waals surface area (Å²) in [5, 5.41) is 47.5. The predicted molar refractivity (Wildman–Crippen MR) is 296 cm³/mol. The Balaban J connectivity index is 0.000000174. The molecule has 21 heteroatoms. The number of phenolic OH excluding ortho intramolecular Hbond substituents is 2. The lowest BCUT2D eigenvalue weighted by molar-refractivity contribution is -0.133. The fourth-order valence-corrected chi connectivity index (χ4v) is 15.3. The zero-order valence-corrected chi connectivity index (χ0v) is 48.5. The van der Waals surface area contributed by atoms with Gasteiger partial charge in [-0.15, -0.1) is 0 Å². The van der Waals surface area contributed by atoms with E-state index < -0.39 is 30.1 Å². The van der Waals surface area contributed by atoms with Gasteiger partial charge in [0.05, 0.1) is 50.5 Å². The van der Waals surface area contributed by atoms with Crippen molar-refractivity contribution in [2.24, 2.45) is 11.7 Å². The summed E-state index contributed by atoms with van der Waals surface area (Å²) in [6.07, 6.45) is 2.40. The van der Waals surface area contributed by atoms with Crippen LogP contribution in [0, 0.1) is 56.3 Å². The zero-order chi connectivity index (χ0) is 58.7. The van der Waals surface area contributed by atoms with Crippen LogP contribution in [0.25, 0.3) is 0 Å². The van der Waals surface area contributed by atoms with E-state index in [1.165, 1.54) is 13.8 Å². The Labute approximate surface area is 477 Å². The molecule has 2 unspecified atom stereocenters. The van der Waals surface area contributed by atoms with Crippen LogP contribution >= 0.6 is 0 Å². The van der Waals surface area contributed by atoms with Crippen LogP contribution in [-0.4, -0.2) is 139 Å². The van der Waals surface area contributed by atoms with Crippen molar-refractivity contribution in [3.05, 3.63) is 78.9 Å². The van der Waals surface area contributed by atoms with E-state index in [2.05, 4.69) is 49.2 Å². The highest BCUT2D eigenvalue weighted by molar-refractivity contribution is 5.77. The lowest BCUT2D eigenvalue weighted by atomic mass is 9.71. The maximum atomic E-state index is 13.0. The predicted octanol–water partition coefficient (Wildman–Crippen LogP) is 6.01. The number of rotatable bonds is 9.